The standard InChI is InChI=1S/C18H28N4O5S/c1-12(18(19)25)8-9-17(24)22(14-6-4-10-20-11-15(14)23)28(26,27)16-7-3-5-13(2)21-16/h3,5,7,12,14-15,20,23H,4,6,8-11H2,1-2H3,(H2,19,25)/t12?,14?,15-/m0/s1. The molecule has 1 saturated heterocycles. The minimum Gasteiger partial charge on any atom is -0.390 e. The maximum atomic E-state index is 13.3. The number of hydrogen-bond acceptors (Lipinski definition) is 7. The van der Waals surface area contributed by atoms with Gasteiger partial charge >= 0.3 is 0 Å². The van der Waals surface area contributed by atoms with Crippen LogP contribution in [0.5, 0.6) is 0 Å². The van der Waals surface area contributed by atoms with Crippen molar-refractivity contribution in [3.8, 4) is 0 Å². The fraction of sp³-hybridized carbons (Fsp3) is 0.611. The molecule has 3 atom stereocenters. The molecule has 0 saturated carbocycles. The smallest absolute Gasteiger partial charge is 0.284 e. The number of rotatable bonds is 7. The summed E-state index contributed by atoms with van der Waals surface area (Å²) in [6.45, 7) is 4.05. The van der Waals surface area contributed by atoms with Gasteiger partial charge < -0.3 is 16.2 Å². The largest absolute Gasteiger partial charge is 0.390 e. The van der Waals surface area contributed by atoms with Crippen LogP contribution in [-0.4, -0.2) is 59.9 Å². The van der Waals surface area contributed by atoms with E-state index in [1.54, 1.807) is 26.0 Å². The van der Waals surface area contributed by atoms with Crippen molar-refractivity contribution in [2.75, 3.05) is 13.1 Å². The number of aliphatic hydroxyl groups is 1. The van der Waals surface area contributed by atoms with Gasteiger partial charge in [0.2, 0.25) is 11.8 Å². The Morgan fingerprint density at radius 1 is 1.43 bits per heavy atom. The van der Waals surface area contributed by atoms with E-state index < -0.39 is 39.9 Å². The highest BCUT2D eigenvalue weighted by atomic mass is 32.2. The molecule has 9 nitrogen and oxygen atoms in total. The molecule has 2 heterocycles. The molecular formula is C18H28N4O5S. The van der Waals surface area contributed by atoms with Gasteiger partial charge in [0, 0.05) is 24.6 Å². The first-order valence-corrected chi connectivity index (χ1v) is 10.8. The lowest BCUT2D eigenvalue weighted by molar-refractivity contribution is -0.130. The Morgan fingerprint density at radius 2 is 2.14 bits per heavy atom. The molecule has 4 N–H and O–H groups in total. The lowest BCUT2D eigenvalue weighted by Crippen LogP contribution is -2.51. The topological polar surface area (TPSA) is 143 Å². The van der Waals surface area contributed by atoms with Crippen molar-refractivity contribution in [3.05, 3.63) is 23.9 Å². The lowest BCUT2D eigenvalue weighted by Gasteiger charge is -2.33. The highest BCUT2D eigenvalue weighted by Crippen LogP contribution is 2.25. The van der Waals surface area contributed by atoms with Crippen LogP contribution in [0.1, 0.15) is 38.3 Å². The minimum atomic E-state index is -4.27. The molecule has 1 aliphatic rings. The molecule has 0 bridgehead atoms. The number of hydrogen-bond donors (Lipinski definition) is 3. The predicted octanol–water partition coefficient (Wildman–Crippen LogP) is -0.0782. The Bertz CT molecular complexity index is 814. The summed E-state index contributed by atoms with van der Waals surface area (Å²) in [6, 6.07) is 3.64. The number of nitrogens with one attached hydrogen (secondary N) is 1. The Hall–Kier alpha value is -2.04. The third kappa shape index (κ3) is 5.27. The van der Waals surface area contributed by atoms with Gasteiger partial charge in [0.05, 0.1) is 12.1 Å². The number of amides is 2. The molecule has 0 aliphatic carbocycles. The second-order valence-corrected chi connectivity index (χ2v) is 8.90. The van der Waals surface area contributed by atoms with Crippen LogP contribution >= 0.6 is 0 Å². The van der Waals surface area contributed by atoms with Gasteiger partial charge in [0.25, 0.3) is 10.0 Å². The molecule has 1 aromatic heterocycles. The maximum absolute atomic E-state index is 13.3. The van der Waals surface area contributed by atoms with Gasteiger partial charge in [0.1, 0.15) is 0 Å². The molecule has 1 aromatic rings. The number of pyridine rings is 1. The quantitative estimate of drug-likeness (QED) is 0.568. The number of aliphatic hydroxyl groups excluding tert-OH is 1. The third-order valence-corrected chi connectivity index (χ3v) is 6.61. The van der Waals surface area contributed by atoms with Crippen LogP contribution < -0.4 is 11.1 Å². The van der Waals surface area contributed by atoms with Crippen molar-refractivity contribution in [1.29, 1.82) is 0 Å². The van der Waals surface area contributed by atoms with Gasteiger partial charge in [-0.3, -0.25) is 9.59 Å². The van der Waals surface area contributed by atoms with E-state index in [-0.39, 0.29) is 24.4 Å². The van der Waals surface area contributed by atoms with E-state index in [2.05, 4.69) is 10.3 Å². The molecule has 10 heteroatoms. The number of aryl methyl sites for hydroxylation is 1. The van der Waals surface area contributed by atoms with E-state index in [0.717, 1.165) is 4.31 Å². The fourth-order valence-electron chi connectivity index (χ4n) is 3.14. The minimum absolute atomic E-state index is 0.127. The zero-order chi connectivity index (χ0) is 20.9. The van der Waals surface area contributed by atoms with Gasteiger partial charge in [0.15, 0.2) is 5.03 Å². The second kappa shape index (κ2) is 9.44. The first-order chi connectivity index (χ1) is 13.1. The predicted molar refractivity (Wildman–Crippen MR) is 102 cm³/mol. The molecule has 1 aliphatic heterocycles. The number of nitrogens with zero attached hydrogens (tertiary/aromatic N) is 2. The maximum Gasteiger partial charge on any atom is 0.284 e. The molecule has 2 unspecified atom stereocenters. The summed E-state index contributed by atoms with van der Waals surface area (Å²) in [5.41, 5.74) is 5.74. The van der Waals surface area contributed by atoms with E-state index in [1.807, 2.05) is 0 Å². The van der Waals surface area contributed by atoms with Crippen molar-refractivity contribution >= 4 is 21.8 Å². The second-order valence-electron chi connectivity index (χ2n) is 7.13. The fourth-order valence-corrected chi connectivity index (χ4v) is 4.81. The summed E-state index contributed by atoms with van der Waals surface area (Å²) >= 11 is 0. The average Bonchev–Trinajstić information content (AvgIpc) is 2.84. The number of aromatic nitrogens is 1. The van der Waals surface area contributed by atoms with Crippen molar-refractivity contribution in [2.24, 2.45) is 11.7 Å². The van der Waals surface area contributed by atoms with Crippen LogP contribution in [0.25, 0.3) is 0 Å². The van der Waals surface area contributed by atoms with Crippen LogP contribution in [0.3, 0.4) is 0 Å². The first-order valence-electron chi connectivity index (χ1n) is 9.33. The molecule has 28 heavy (non-hydrogen) atoms. The van der Waals surface area contributed by atoms with E-state index in [4.69, 9.17) is 5.73 Å². The Balaban J connectivity index is 2.40. The lowest BCUT2D eigenvalue weighted by atomic mass is 10.0. The number of carbonyl (C=O) groups is 2. The number of nitrogens with two attached hydrogens (primary N) is 1. The van der Waals surface area contributed by atoms with Crippen LogP contribution in [0.15, 0.2) is 23.2 Å². The summed E-state index contributed by atoms with van der Waals surface area (Å²) in [6.07, 6.45) is -0.149. The molecule has 1 fully saturated rings. The first kappa shape index (κ1) is 22.3. The van der Waals surface area contributed by atoms with E-state index in [1.165, 1.54) is 6.07 Å². The zero-order valence-electron chi connectivity index (χ0n) is 16.2. The zero-order valence-corrected chi connectivity index (χ0v) is 17.0. The average molecular weight is 413 g/mol. The van der Waals surface area contributed by atoms with Gasteiger partial charge in [-0.05, 0) is 44.9 Å². The summed E-state index contributed by atoms with van der Waals surface area (Å²) < 4.78 is 27.3. The number of sulfonamides is 1. The normalized spacial score (nSPS) is 21.5. The summed E-state index contributed by atoms with van der Waals surface area (Å²) in [4.78, 5) is 28.3. The number of primary amides is 1. The molecular weight excluding hydrogens is 384 g/mol. The molecule has 0 spiro atoms. The highest BCUT2D eigenvalue weighted by Gasteiger charge is 2.40. The molecule has 2 amide bonds. The van der Waals surface area contributed by atoms with Crippen molar-refractivity contribution in [1.82, 2.24) is 14.6 Å². The summed E-state index contributed by atoms with van der Waals surface area (Å²) in [5, 5.41) is 13.3. The summed E-state index contributed by atoms with van der Waals surface area (Å²) in [7, 11) is -4.27. The van der Waals surface area contributed by atoms with E-state index in [9.17, 15) is 23.1 Å². The van der Waals surface area contributed by atoms with E-state index >= 15 is 0 Å². The van der Waals surface area contributed by atoms with Gasteiger partial charge in [-0.1, -0.05) is 13.0 Å². The van der Waals surface area contributed by atoms with Crippen molar-refractivity contribution in [2.45, 2.75) is 56.7 Å². The van der Waals surface area contributed by atoms with E-state index in [0.29, 0.717) is 25.1 Å². The van der Waals surface area contributed by atoms with Crippen LogP contribution in [0, 0.1) is 12.8 Å². The Labute approximate surface area is 165 Å². The van der Waals surface area contributed by atoms with Gasteiger partial charge in [-0.15, -0.1) is 0 Å². The van der Waals surface area contributed by atoms with Crippen LogP contribution in [-0.2, 0) is 19.6 Å². The van der Waals surface area contributed by atoms with Crippen LogP contribution in [0.2, 0.25) is 0 Å². The molecule has 0 radical (unpaired) electrons. The highest BCUT2D eigenvalue weighted by molar-refractivity contribution is 7.89. The molecule has 156 valence electrons. The van der Waals surface area contributed by atoms with Gasteiger partial charge in [-0.2, -0.15) is 8.42 Å². The van der Waals surface area contributed by atoms with Crippen molar-refractivity contribution < 1.29 is 23.1 Å². The summed E-state index contributed by atoms with van der Waals surface area (Å²) in [5.74, 6) is -1.80. The third-order valence-electron chi connectivity index (χ3n) is 4.86. The SMILES string of the molecule is Cc1cccc(S(=O)(=O)N(C(=O)CCC(C)C(N)=O)C2CCCNC[C@@H]2O)n1. The molecule has 0 aromatic carbocycles. The van der Waals surface area contributed by atoms with Crippen molar-refractivity contribution in [3.63, 3.8) is 0 Å². The Kier molecular flexibility index (Phi) is 7.50. The van der Waals surface area contributed by atoms with Crippen LogP contribution in [0.4, 0.5) is 0 Å². The van der Waals surface area contributed by atoms with Gasteiger partial charge in [-0.25, -0.2) is 9.29 Å². The number of carbonyl (C=O) groups excluding carboxylic acids is 2. The molecule has 2 rings (SSSR count). The number of β-amino-alcohol motifs (C(OH)–C–C–N with tert-alkyl or cyclic N) is 1. The Morgan fingerprint density at radius 3 is 2.79 bits per heavy atom. The monoisotopic (exact) mass is 412 g/mol.